The number of nitrogens with one attached hydrogen (secondary N) is 2. The lowest BCUT2D eigenvalue weighted by Gasteiger charge is -2.18. The summed E-state index contributed by atoms with van der Waals surface area (Å²) in [6.45, 7) is 3.08. The number of carbonyl (C=O) groups is 1. The average molecular weight is 310 g/mol. The first kappa shape index (κ1) is 15.3. The number of benzene rings is 1. The molecule has 0 bridgehead atoms. The van der Waals surface area contributed by atoms with E-state index in [0.29, 0.717) is 6.54 Å². The summed E-state index contributed by atoms with van der Waals surface area (Å²) in [6.07, 6.45) is 6.00. The Morgan fingerprint density at radius 1 is 1.04 bits per heavy atom. The lowest BCUT2D eigenvalue weighted by molar-refractivity contribution is -0.119. The van der Waals surface area contributed by atoms with Gasteiger partial charge in [0.05, 0.1) is 6.54 Å². The van der Waals surface area contributed by atoms with Crippen LogP contribution in [0.25, 0.3) is 0 Å². The van der Waals surface area contributed by atoms with Gasteiger partial charge in [-0.05, 0) is 54.8 Å². The molecule has 1 aromatic heterocycles. The predicted octanol–water partition coefficient (Wildman–Crippen LogP) is 2.41. The van der Waals surface area contributed by atoms with Gasteiger partial charge in [-0.3, -0.25) is 9.78 Å². The van der Waals surface area contributed by atoms with Gasteiger partial charge in [0.1, 0.15) is 0 Å². The quantitative estimate of drug-likeness (QED) is 0.860. The predicted molar refractivity (Wildman–Crippen MR) is 92.5 cm³/mol. The number of carbonyl (C=O) groups excluding carboxylic acids is 1. The Bertz CT molecular complexity index is 621. The minimum Gasteiger partial charge on any atom is -0.376 e. The van der Waals surface area contributed by atoms with Crippen molar-refractivity contribution in [3.63, 3.8) is 0 Å². The average Bonchev–Trinajstić information content (AvgIpc) is 3.14. The zero-order chi connectivity index (χ0) is 15.9. The van der Waals surface area contributed by atoms with Crippen molar-refractivity contribution in [2.24, 2.45) is 0 Å². The molecular weight excluding hydrogens is 288 g/mol. The molecule has 2 heterocycles. The fraction of sp³-hybridized carbons (Fsp3) is 0.333. The van der Waals surface area contributed by atoms with E-state index < -0.39 is 0 Å². The van der Waals surface area contributed by atoms with Gasteiger partial charge in [-0.25, -0.2) is 0 Å². The Labute approximate surface area is 136 Å². The summed E-state index contributed by atoms with van der Waals surface area (Å²) in [7, 11) is 0. The van der Waals surface area contributed by atoms with Crippen LogP contribution in [0.2, 0.25) is 0 Å². The fourth-order valence-electron chi connectivity index (χ4n) is 2.71. The van der Waals surface area contributed by atoms with Crippen LogP contribution in [0.3, 0.4) is 0 Å². The minimum absolute atomic E-state index is 0.0227. The molecule has 1 aliphatic rings. The molecule has 0 spiro atoms. The lowest BCUT2D eigenvalue weighted by atomic mass is 10.2. The summed E-state index contributed by atoms with van der Waals surface area (Å²) < 4.78 is 0. The van der Waals surface area contributed by atoms with Crippen molar-refractivity contribution in [1.29, 1.82) is 0 Å². The number of pyridine rings is 1. The molecule has 5 heteroatoms. The highest BCUT2D eigenvalue weighted by Crippen LogP contribution is 2.21. The van der Waals surface area contributed by atoms with E-state index in [9.17, 15) is 4.79 Å². The van der Waals surface area contributed by atoms with E-state index in [0.717, 1.165) is 24.3 Å². The molecule has 0 aliphatic carbocycles. The van der Waals surface area contributed by atoms with Crippen LogP contribution in [0.15, 0.2) is 48.8 Å². The Balaban J connectivity index is 1.43. The summed E-state index contributed by atoms with van der Waals surface area (Å²) in [5.41, 5.74) is 3.27. The number of hydrogen-bond donors (Lipinski definition) is 2. The van der Waals surface area contributed by atoms with Crippen LogP contribution < -0.4 is 15.5 Å². The smallest absolute Gasteiger partial charge is 0.239 e. The number of aromatic nitrogens is 1. The molecule has 0 unspecified atom stereocenters. The van der Waals surface area contributed by atoms with Gasteiger partial charge in [-0.15, -0.1) is 0 Å². The zero-order valence-electron chi connectivity index (χ0n) is 13.2. The van der Waals surface area contributed by atoms with Crippen molar-refractivity contribution in [2.75, 3.05) is 29.9 Å². The third-order valence-electron chi connectivity index (χ3n) is 4.03. The van der Waals surface area contributed by atoms with Crippen LogP contribution >= 0.6 is 0 Å². The van der Waals surface area contributed by atoms with E-state index in [1.54, 1.807) is 12.4 Å². The van der Waals surface area contributed by atoms with Gasteiger partial charge in [0, 0.05) is 43.4 Å². The Kier molecular flexibility index (Phi) is 5.09. The van der Waals surface area contributed by atoms with Gasteiger partial charge in [0.15, 0.2) is 0 Å². The zero-order valence-corrected chi connectivity index (χ0v) is 13.2. The molecule has 1 aliphatic heterocycles. The van der Waals surface area contributed by atoms with Crippen molar-refractivity contribution in [3.8, 4) is 0 Å². The number of amides is 1. The van der Waals surface area contributed by atoms with Crippen molar-refractivity contribution >= 4 is 17.3 Å². The maximum absolute atomic E-state index is 11.9. The highest BCUT2D eigenvalue weighted by atomic mass is 16.1. The molecule has 23 heavy (non-hydrogen) atoms. The standard InChI is InChI=1S/C18H22N4O/c23-18(21-13-15-7-9-19-10-8-15)14-20-16-3-5-17(6-4-16)22-11-1-2-12-22/h3-10,20H,1-2,11-14H2,(H,21,23). The summed E-state index contributed by atoms with van der Waals surface area (Å²) >= 11 is 0. The van der Waals surface area contributed by atoms with Crippen LogP contribution in [-0.2, 0) is 11.3 Å². The number of hydrogen-bond acceptors (Lipinski definition) is 4. The Morgan fingerprint density at radius 3 is 2.43 bits per heavy atom. The fourth-order valence-corrected chi connectivity index (χ4v) is 2.71. The minimum atomic E-state index is -0.0227. The molecule has 1 saturated heterocycles. The number of nitrogens with zero attached hydrogens (tertiary/aromatic N) is 2. The maximum Gasteiger partial charge on any atom is 0.239 e. The van der Waals surface area contributed by atoms with Gasteiger partial charge in [0.25, 0.3) is 0 Å². The summed E-state index contributed by atoms with van der Waals surface area (Å²) in [4.78, 5) is 18.2. The number of rotatable bonds is 6. The summed E-state index contributed by atoms with van der Waals surface area (Å²) in [5, 5.41) is 6.04. The highest BCUT2D eigenvalue weighted by molar-refractivity contribution is 5.80. The third kappa shape index (κ3) is 4.45. The molecule has 2 N–H and O–H groups in total. The topological polar surface area (TPSA) is 57.3 Å². The third-order valence-corrected chi connectivity index (χ3v) is 4.03. The summed E-state index contributed by atoms with van der Waals surface area (Å²) in [5.74, 6) is -0.0227. The Morgan fingerprint density at radius 2 is 1.74 bits per heavy atom. The molecule has 5 nitrogen and oxygen atoms in total. The first-order chi connectivity index (χ1) is 11.3. The van der Waals surface area contributed by atoms with Crippen LogP contribution in [0.1, 0.15) is 18.4 Å². The molecule has 120 valence electrons. The second-order valence-electron chi connectivity index (χ2n) is 5.73. The largest absolute Gasteiger partial charge is 0.376 e. The van der Waals surface area contributed by atoms with E-state index in [1.165, 1.54) is 18.5 Å². The summed E-state index contributed by atoms with van der Waals surface area (Å²) in [6, 6.07) is 12.1. The highest BCUT2D eigenvalue weighted by Gasteiger charge is 2.11. The Hall–Kier alpha value is -2.56. The van der Waals surface area contributed by atoms with Gasteiger partial charge >= 0.3 is 0 Å². The molecule has 1 aromatic carbocycles. The molecule has 0 radical (unpaired) electrons. The molecule has 0 saturated carbocycles. The first-order valence-electron chi connectivity index (χ1n) is 8.06. The van der Waals surface area contributed by atoms with Gasteiger partial charge in [-0.1, -0.05) is 0 Å². The van der Waals surface area contributed by atoms with Crippen LogP contribution in [0.5, 0.6) is 0 Å². The SMILES string of the molecule is O=C(CNc1ccc(N2CCCC2)cc1)NCc1ccncc1. The lowest BCUT2D eigenvalue weighted by Crippen LogP contribution is -2.29. The van der Waals surface area contributed by atoms with Crippen molar-refractivity contribution in [2.45, 2.75) is 19.4 Å². The van der Waals surface area contributed by atoms with Crippen LogP contribution in [0.4, 0.5) is 11.4 Å². The molecular formula is C18H22N4O. The maximum atomic E-state index is 11.9. The normalized spacial score (nSPS) is 13.8. The number of anilines is 2. The van der Waals surface area contributed by atoms with E-state index >= 15 is 0 Å². The second-order valence-corrected chi connectivity index (χ2v) is 5.73. The van der Waals surface area contributed by atoms with E-state index in [-0.39, 0.29) is 12.5 Å². The van der Waals surface area contributed by atoms with Gasteiger partial charge < -0.3 is 15.5 Å². The molecule has 1 amide bonds. The molecule has 1 fully saturated rings. The van der Waals surface area contributed by atoms with Crippen molar-refractivity contribution in [3.05, 3.63) is 54.4 Å². The second kappa shape index (κ2) is 7.63. The molecule has 0 atom stereocenters. The van der Waals surface area contributed by atoms with Gasteiger partial charge in [-0.2, -0.15) is 0 Å². The van der Waals surface area contributed by atoms with Crippen LogP contribution in [0, 0.1) is 0 Å². The van der Waals surface area contributed by atoms with E-state index in [2.05, 4.69) is 32.7 Å². The molecule has 3 rings (SSSR count). The van der Waals surface area contributed by atoms with E-state index in [1.807, 2.05) is 24.3 Å². The molecule has 2 aromatic rings. The monoisotopic (exact) mass is 310 g/mol. The first-order valence-corrected chi connectivity index (χ1v) is 8.06. The van der Waals surface area contributed by atoms with Crippen molar-refractivity contribution < 1.29 is 4.79 Å². The van der Waals surface area contributed by atoms with Crippen molar-refractivity contribution in [1.82, 2.24) is 10.3 Å². The van der Waals surface area contributed by atoms with E-state index in [4.69, 9.17) is 0 Å². The van der Waals surface area contributed by atoms with Crippen LogP contribution in [-0.4, -0.2) is 30.5 Å². The van der Waals surface area contributed by atoms with Gasteiger partial charge in [0.2, 0.25) is 5.91 Å².